The molecule has 0 amide bonds. The second-order valence-electron chi connectivity index (χ2n) is 13.2. The minimum absolute atomic E-state index is 0.0230. The van der Waals surface area contributed by atoms with E-state index in [2.05, 4.69) is 27.0 Å². The number of fused-ring (bicyclic) bond motifs is 7. The molecule has 0 saturated carbocycles. The van der Waals surface area contributed by atoms with Crippen LogP contribution in [0.15, 0.2) is 12.1 Å². The summed E-state index contributed by atoms with van der Waals surface area (Å²) in [5, 5.41) is 4.39. The molecule has 9 nitrogen and oxygen atoms in total. The van der Waals surface area contributed by atoms with Gasteiger partial charge in [0.25, 0.3) is 0 Å². The molecule has 2 bridgehead atoms. The van der Waals surface area contributed by atoms with Crippen LogP contribution < -0.4 is 25.4 Å². The van der Waals surface area contributed by atoms with Crippen LogP contribution in [0.4, 0.5) is 19.7 Å². The first-order chi connectivity index (χ1) is 21.3. The van der Waals surface area contributed by atoms with Crippen molar-refractivity contribution in [2.24, 2.45) is 5.92 Å². The van der Waals surface area contributed by atoms with E-state index in [1.807, 2.05) is 0 Å². The van der Waals surface area contributed by atoms with Crippen LogP contribution in [0.2, 0.25) is 5.02 Å². The molecule has 0 spiro atoms. The summed E-state index contributed by atoms with van der Waals surface area (Å²) in [6.45, 7) is 5.90. The highest BCUT2D eigenvalue weighted by Gasteiger charge is 2.48. The minimum atomic E-state index is -0.656. The standard InChI is InChI=1S/C31H32ClF2N7O2S/c1-14-9-31(7-2-8-40(31)10-14)13-43-30-38-25-21-26(42-12-19-18-6-3-15(36-18)11-41(19)28(21)39-30)22(32)20(23(25)34)16-4-5-17(33)27-24(16)37-29(35)44-27/h4-5,14-15,18-19,36H,2-3,6-13H2,1H3,(H2,35,37)/t14-,15+,18-,19+,31-/m0/s1. The molecule has 44 heavy (non-hydrogen) atoms. The molecule has 230 valence electrons. The summed E-state index contributed by atoms with van der Waals surface area (Å²) >= 11 is 8.06. The Morgan fingerprint density at radius 2 is 2.09 bits per heavy atom. The van der Waals surface area contributed by atoms with E-state index in [0.29, 0.717) is 54.2 Å². The van der Waals surface area contributed by atoms with Crippen LogP contribution in [-0.4, -0.2) is 76.4 Å². The SMILES string of the molecule is C[C@@H]1CN2CCC[C@@]2(COc2nc3c4c(c(Cl)c(-c5ccc(F)c6sc(N)nc56)c(F)c4n2)OC[C@@H]2[C@@H]4CC[C@H](CN32)N4)C1. The zero-order valence-corrected chi connectivity index (χ0v) is 25.8. The van der Waals surface area contributed by atoms with Crippen molar-refractivity contribution in [2.75, 3.05) is 43.5 Å². The monoisotopic (exact) mass is 639 g/mol. The molecule has 0 aliphatic carbocycles. The molecule has 5 aliphatic rings. The van der Waals surface area contributed by atoms with Crippen molar-refractivity contribution in [2.45, 2.75) is 62.7 Å². The number of nitrogens with zero attached hydrogens (tertiary/aromatic N) is 5. The van der Waals surface area contributed by atoms with Gasteiger partial charge in [0, 0.05) is 36.3 Å². The molecular weight excluding hydrogens is 608 g/mol. The van der Waals surface area contributed by atoms with Gasteiger partial charge in [-0.2, -0.15) is 9.97 Å². The number of rotatable bonds is 4. The van der Waals surface area contributed by atoms with Crippen molar-refractivity contribution in [3.8, 4) is 22.9 Å². The third kappa shape index (κ3) is 3.90. The molecule has 9 rings (SSSR count). The molecule has 4 saturated heterocycles. The first kappa shape index (κ1) is 27.3. The van der Waals surface area contributed by atoms with Crippen molar-refractivity contribution in [1.82, 2.24) is 25.2 Å². The molecule has 0 radical (unpaired) electrons. The van der Waals surface area contributed by atoms with E-state index in [0.717, 1.165) is 56.5 Å². The van der Waals surface area contributed by atoms with Crippen molar-refractivity contribution in [1.29, 1.82) is 0 Å². The van der Waals surface area contributed by atoms with Gasteiger partial charge in [-0.15, -0.1) is 0 Å². The summed E-state index contributed by atoms with van der Waals surface area (Å²) in [4.78, 5) is 18.8. The molecule has 4 fully saturated rings. The maximum absolute atomic E-state index is 17.0. The van der Waals surface area contributed by atoms with Crippen molar-refractivity contribution in [3.05, 3.63) is 28.8 Å². The highest BCUT2D eigenvalue weighted by molar-refractivity contribution is 7.22. The van der Waals surface area contributed by atoms with E-state index >= 15 is 4.39 Å². The van der Waals surface area contributed by atoms with Crippen LogP contribution in [0.5, 0.6) is 11.8 Å². The van der Waals surface area contributed by atoms with Gasteiger partial charge in [-0.1, -0.05) is 29.9 Å². The lowest BCUT2D eigenvalue weighted by atomic mass is 9.92. The predicted octanol–water partition coefficient (Wildman–Crippen LogP) is 5.38. The number of thiazole rings is 1. The van der Waals surface area contributed by atoms with E-state index in [4.69, 9.17) is 36.8 Å². The molecule has 2 aromatic carbocycles. The largest absolute Gasteiger partial charge is 0.489 e. The van der Waals surface area contributed by atoms with Crippen LogP contribution >= 0.6 is 22.9 Å². The number of halogens is 3. The number of ether oxygens (including phenoxy) is 2. The van der Waals surface area contributed by atoms with Gasteiger partial charge in [-0.25, -0.2) is 13.8 Å². The van der Waals surface area contributed by atoms with Crippen LogP contribution in [0.25, 0.3) is 32.2 Å². The van der Waals surface area contributed by atoms with Gasteiger partial charge in [0.05, 0.1) is 32.2 Å². The number of nitrogens with one attached hydrogen (secondary N) is 1. The van der Waals surface area contributed by atoms with Gasteiger partial charge in [-0.05, 0) is 56.7 Å². The highest BCUT2D eigenvalue weighted by Crippen LogP contribution is 2.51. The summed E-state index contributed by atoms with van der Waals surface area (Å²) in [5.41, 5.74) is 6.59. The quantitative estimate of drug-likeness (QED) is 0.305. The molecule has 4 aromatic rings. The number of hydrogen-bond donors (Lipinski definition) is 2. The number of benzene rings is 2. The first-order valence-electron chi connectivity index (χ1n) is 15.4. The lowest BCUT2D eigenvalue weighted by molar-refractivity contribution is 0.107. The second-order valence-corrected chi connectivity index (χ2v) is 14.6. The smallest absolute Gasteiger partial charge is 0.319 e. The topological polar surface area (TPSA) is 102 Å². The normalized spacial score (nSPS) is 29.2. The van der Waals surface area contributed by atoms with Crippen LogP contribution in [0.3, 0.4) is 0 Å². The Hall–Kier alpha value is -3.06. The number of nitrogen functional groups attached to an aromatic ring is 1. The summed E-state index contributed by atoms with van der Waals surface area (Å²) in [7, 11) is 0. The Labute approximate surface area is 261 Å². The van der Waals surface area contributed by atoms with Gasteiger partial charge in [0.15, 0.2) is 16.7 Å². The Balaban J connectivity index is 1.24. The summed E-state index contributed by atoms with van der Waals surface area (Å²) in [6, 6.07) is 3.40. The average Bonchev–Trinajstić information content (AvgIpc) is 3.73. The van der Waals surface area contributed by atoms with Gasteiger partial charge in [0.2, 0.25) is 0 Å². The van der Waals surface area contributed by atoms with E-state index in [1.54, 1.807) is 0 Å². The van der Waals surface area contributed by atoms with Gasteiger partial charge in [-0.3, -0.25) is 4.90 Å². The number of hydrogen-bond acceptors (Lipinski definition) is 10. The third-order valence-corrected chi connectivity index (χ3v) is 11.7. The maximum atomic E-state index is 17.0. The van der Waals surface area contributed by atoms with Crippen molar-refractivity contribution < 1.29 is 18.3 Å². The first-order valence-corrected chi connectivity index (χ1v) is 16.6. The lowest BCUT2D eigenvalue weighted by Gasteiger charge is -2.40. The van der Waals surface area contributed by atoms with E-state index in [1.165, 1.54) is 12.1 Å². The van der Waals surface area contributed by atoms with Crippen LogP contribution in [0, 0.1) is 17.6 Å². The zero-order chi connectivity index (χ0) is 29.9. The fourth-order valence-corrected chi connectivity index (χ4v) is 9.70. The Kier molecular flexibility index (Phi) is 6.02. The lowest BCUT2D eigenvalue weighted by Crippen LogP contribution is -2.60. The van der Waals surface area contributed by atoms with E-state index in [-0.39, 0.29) is 55.1 Å². The maximum Gasteiger partial charge on any atom is 0.319 e. The summed E-state index contributed by atoms with van der Waals surface area (Å²) in [5.74, 6) is 0.349. The molecule has 3 N–H and O–H groups in total. The molecule has 2 aromatic heterocycles. The molecule has 7 heterocycles. The van der Waals surface area contributed by atoms with Gasteiger partial charge >= 0.3 is 6.01 Å². The van der Waals surface area contributed by atoms with E-state index in [9.17, 15) is 4.39 Å². The Bertz CT molecular complexity index is 1860. The number of aromatic nitrogens is 3. The van der Waals surface area contributed by atoms with Gasteiger partial charge in [0.1, 0.15) is 30.4 Å². The minimum Gasteiger partial charge on any atom is -0.489 e. The second kappa shape index (κ2) is 9.72. The Morgan fingerprint density at radius 3 is 2.98 bits per heavy atom. The molecule has 0 unspecified atom stereocenters. The van der Waals surface area contributed by atoms with Crippen LogP contribution in [-0.2, 0) is 0 Å². The highest BCUT2D eigenvalue weighted by atomic mass is 35.5. The van der Waals surface area contributed by atoms with Crippen molar-refractivity contribution >= 4 is 55.0 Å². The molecular formula is C31H32ClF2N7O2S. The number of nitrogens with two attached hydrogens (primary N) is 1. The predicted molar refractivity (Wildman–Crippen MR) is 167 cm³/mol. The third-order valence-electron chi connectivity index (χ3n) is 10.4. The summed E-state index contributed by atoms with van der Waals surface area (Å²) in [6.07, 6.45) is 5.33. The van der Waals surface area contributed by atoms with Crippen LogP contribution in [0.1, 0.15) is 39.0 Å². The number of piperazine rings is 1. The number of anilines is 2. The fourth-order valence-electron chi connectivity index (χ4n) is 8.60. The fraction of sp³-hybridized carbons (Fsp3) is 0.516. The van der Waals surface area contributed by atoms with Crippen molar-refractivity contribution in [3.63, 3.8) is 0 Å². The zero-order valence-electron chi connectivity index (χ0n) is 24.2. The summed E-state index contributed by atoms with van der Waals surface area (Å²) < 4.78 is 44.9. The molecule has 13 heteroatoms. The molecule has 5 aliphatic heterocycles. The van der Waals surface area contributed by atoms with E-state index < -0.39 is 11.6 Å². The van der Waals surface area contributed by atoms with Gasteiger partial charge < -0.3 is 25.4 Å². The average molecular weight is 640 g/mol. The Morgan fingerprint density at radius 1 is 1.20 bits per heavy atom. The molecule has 5 atom stereocenters.